The fourth-order valence-corrected chi connectivity index (χ4v) is 4.34. The summed E-state index contributed by atoms with van der Waals surface area (Å²) in [5.41, 5.74) is 1.06. The van der Waals surface area contributed by atoms with E-state index in [1.807, 2.05) is 12.1 Å². The Morgan fingerprint density at radius 2 is 1.84 bits per heavy atom. The Kier molecular flexibility index (Phi) is 7.85. The van der Waals surface area contributed by atoms with E-state index in [2.05, 4.69) is 15.0 Å². The van der Waals surface area contributed by atoms with Crippen LogP contribution in [0.15, 0.2) is 65.8 Å². The molecule has 2 aromatic rings. The molecule has 1 aliphatic rings. The first-order valence-corrected chi connectivity index (χ1v) is 11.2. The molecule has 0 spiro atoms. The van der Waals surface area contributed by atoms with E-state index in [-0.39, 0.29) is 17.2 Å². The van der Waals surface area contributed by atoms with E-state index in [0.717, 1.165) is 29.8 Å². The van der Waals surface area contributed by atoms with Crippen molar-refractivity contribution in [2.75, 3.05) is 13.2 Å². The molecule has 1 aromatic heterocycles. The van der Waals surface area contributed by atoms with Gasteiger partial charge in [-0.25, -0.2) is 17.5 Å². The summed E-state index contributed by atoms with van der Waals surface area (Å²) in [4.78, 5) is 16.0. The number of halogens is 1. The van der Waals surface area contributed by atoms with Gasteiger partial charge in [0.1, 0.15) is 11.9 Å². The fourth-order valence-electron chi connectivity index (χ4n) is 3.12. The van der Waals surface area contributed by atoms with Crippen LogP contribution in [0.5, 0.6) is 0 Å². The van der Waals surface area contributed by atoms with Crippen molar-refractivity contribution >= 4 is 15.9 Å². The number of hydrogen-bond acceptors (Lipinski definition) is 6. The number of ether oxygens (including phenoxy) is 1. The lowest BCUT2D eigenvalue weighted by Crippen LogP contribution is -2.49. The SMILES string of the molecule is O=C(C[C@H]1C=C[C@@H](NS(=O)(=O)c2ccc(F)cc2)[C@@H](CO)O1)NCCc1ccncc1. The molecule has 0 saturated heterocycles. The van der Waals surface area contributed by atoms with Gasteiger partial charge in [0.25, 0.3) is 0 Å². The second-order valence-electron chi connectivity index (χ2n) is 7.04. The zero-order chi connectivity index (χ0) is 22.3. The topological polar surface area (TPSA) is 118 Å². The Hall–Kier alpha value is -2.66. The van der Waals surface area contributed by atoms with E-state index >= 15 is 0 Å². The lowest BCUT2D eigenvalue weighted by atomic mass is 10.1. The van der Waals surface area contributed by atoms with Crippen LogP contribution in [0.25, 0.3) is 0 Å². The Bertz CT molecular complexity index is 999. The van der Waals surface area contributed by atoms with Crippen LogP contribution in [0.3, 0.4) is 0 Å². The Balaban J connectivity index is 1.53. The molecule has 3 rings (SSSR count). The molecule has 10 heteroatoms. The van der Waals surface area contributed by atoms with Crippen LogP contribution in [0.2, 0.25) is 0 Å². The molecule has 2 heterocycles. The number of carbonyl (C=O) groups is 1. The average molecular weight is 450 g/mol. The number of pyridine rings is 1. The second kappa shape index (κ2) is 10.6. The van der Waals surface area contributed by atoms with Crippen molar-refractivity contribution in [3.05, 3.63) is 72.3 Å². The van der Waals surface area contributed by atoms with Crippen LogP contribution >= 0.6 is 0 Å². The summed E-state index contributed by atoms with van der Waals surface area (Å²) in [6.07, 6.45) is 5.77. The normalized spacial score (nSPS) is 21.0. The highest BCUT2D eigenvalue weighted by atomic mass is 32.2. The van der Waals surface area contributed by atoms with Gasteiger partial charge in [-0.1, -0.05) is 12.2 Å². The van der Waals surface area contributed by atoms with Crippen molar-refractivity contribution in [1.29, 1.82) is 0 Å². The molecule has 3 atom stereocenters. The predicted molar refractivity (Wildman–Crippen MR) is 111 cm³/mol. The van der Waals surface area contributed by atoms with Crippen LogP contribution in [0.4, 0.5) is 4.39 Å². The molecule has 31 heavy (non-hydrogen) atoms. The summed E-state index contributed by atoms with van der Waals surface area (Å²) in [5.74, 6) is -0.763. The third kappa shape index (κ3) is 6.66. The van der Waals surface area contributed by atoms with Crippen LogP contribution in [-0.4, -0.2) is 55.8 Å². The lowest BCUT2D eigenvalue weighted by Gasteiger charge is -2.31. The number of nitrogens with zero attached hydrogens (tertiary/aromatic N) is 1. The molecule has 8 nitrogen and oxygen atoms in total. The molecule has 0 aliphatic carbocycles. The summed E-state index contributed by atoms with van der Waals surface area (Å²) in [5, 5.41) is 12.4. The first-order chi connectivity index (χ1) is 14.9. The Morgan fingerprint density at radius 1 is 1.13 bits per heavy atom. The minimum atomic E-state index is -3.94. The maximum Gasteiger partial charge on any atom is 0.241 e. The molecule has 0 saturated carbocycles. The number of sulfonamides is 1. The van der Waals surface area contributed by atoms with Crippen LogP contribution in [0.1, 0.15) is 12.0 Å². The van der Waals surface area contributed by atoms with Crippen LogP contribution in [0, 0.1) is 5.82 Å². The van der Waals surface area contributed by atoms with Gasteiger partial charge >= 0.3 is 0 Å². The summed E-state index contributed by atoms with van der Waals surface area (Å²) >= 11 is 0. The fraction of sp³-hybridized carbons (Fsp3) is 0.333. The van der Waals surface area contributed by atoms with Crippen molar-refractivity contribution in [2.24, 2.45) is 0 Å². The number of aromatic nitrogens is 1. The van der Waals surface area contributed by atoms with Crippen molar-refractivity contribution in [3.63, 3.8) is 0 Å². The number of rotatable bonds is 9. The van der Waals surface area contributed by atoms with Gasteiger partial charge in [-0.05, 0) is 48.4 Å². The molecular weight excluding hydrogens is 425 g/mol. The second-order valence-corrected chi connectivity index (χ2v) is 8.75. The van der Waals surface area contributed by atoms with E-state index in [9.17, 15) is 22.7 Å². The molecule has 3 N–H and O–H groups in total. The van der Waals surface area contributed by atoms with E-state index < -0.39 is 40.7 Å². The summed E-state index contributed by atoms with van der Waals surface area (Å²) in [6, 6.07) is 7.32. The molecule has 1 aliphatic heterocycles. The smallest absolute Gasteiger partial charge is 0.241 e. The highest BCUT2D eigenvalue weighted by Gasteiger charge is 2.31. The first-order valence-electron chi connectivity index (χ1n) is 9.75. The number of hydrogen-bond donors (Lipinski definition) is 3. The molecule has 0 radical (unpaired) electrons. The van der Waals surface area contributed by atoms with Crippen molar-refractivity contribution < 1.29 is 27.4 Å². The monoisotopic (exact) mass is 449 g/mol. The van der Waals surface area contributed by atoms with Crippen LogP contribution < -0.4 is 10.0 Å². The maximum absolute atomic E-state index is 13.0. The van der Waals surface area contributed by atoms with Gasteiger partial charge in [-0.15, -0.1) is 0 Å². The van der Waals surface area contributed by atoms with Gasteiger partial charge in [0, 0.05) is 18.9 Å². The van der Waals surface area contributed by atoms with E-state index in [1.54, 1.807) is 24.5 Å². The molecule has 0 fully saturated rings. The van der Waals surface area contributed by atoms with Gasteiger partial charge in [0.05, 0.1) is 30.1 Å². The van der Waals surface area contributed by atoms with E-state index in [4.69, 9.17) is 4.74 Å². The standard InChI is InChI=1S/C21H24FN3O5S/c22-16-1-4-18(5-2-16)31(28,29)25-19-6-3-17(30-20(19)14-26)13-21(27)24-12-9-15-7-10-23-11-8-15/h1-8,10-11,17,19-20,25-26H,9,12-14H2,(H,24,27)/t17-,19-,20-/m1/s1. The molecule has 1 aromatic carbocycles. The van der Waals surface area contributed by atoms with Crippen LogP contribution in [-0.2, 0) is 26.0 Å². The van der Waals surface area contributed by atoms with Gasteiger partial charge in [-0.3, -0.25) is 9.78 Å². The average Bonchev–Trinajstić information content (AvgIpc) is 2.75. The zero-order valence-electron chi connectivity index (χ0n) is 16.6. The zero-order valence-corrected chi connectivity index (χ0v) is 17.5. The predicted octanol–water partition coefficient (Wildman–Crippen LogP) is 0.932. The molecule has 0 bridgehead atoms. The Morgan fingerprint density at radius 3 is 2.52 bits per heavy atom. The number of carbonyl (C=O) groups excluding carboxylic acids is 1. The van der Waals surface area contributed by atoms with Crippen molar-refractivity contribution in [2.45, 2.75) is 36.0 Å². The molecule has 0 unspecified atom stereocenters. The number of amides is 1. The quantitative estimate of drug-likeness (QED) is 0.491. The number of nitrogens with one attached hydrogen (secondary N) is 2. The number of aliphatic hydroxyl groups excluding tert-OH is 1. The number of benzene rings is 1. The first kappa shape index (κ1) is 23.0. The summed E-state index contributed by atoms with van der Waals surface area (Å²) in [7, 11) is -3.94. The van der Waals surface area contributed by atoms with Gasteiger partial charge in [0.2, 0.25) is 15.9 Å². The maximum atomic E-state index is 13.0. The highest BCUT2D eigenvalue weighted by molar-refractivity contribution is 7.89. The molecule has 166 valence electrons. The molecular formula is C21H24FN3O5S. The third-order valence-corrected chi connectivity index (χ3v) is 6.23. The van der Waals surface area contributed by atoms with Gasteiger partial charge < -0.3 is 15.2 Å². The van der Waals surface area contributed by atoms with E-state index in [0.29, 0.717) is 13.0 Å². The minimum Gasteiger partial charge on any atom is -0.394 e. The summed E-state index contributed by atoms with van der Waals surface area (Å²) in [6.45, 7) is 0.0178. The molecule has 1 amide bonds. The van der Waals surface area contributed by atoms with Crippen molar-refractivity contribution in [1.82, 2.24) is 15.0 Å². The highest BCUT2D eigenvalue weighted by Crippen LogP contribution is 2.18. The van der Waals surface area contributed by atoms with Gasteiger partial charge in [0.15, 0.2) is 0 Å². The Labute approximate surface area is 180 Å². The van der Waals surface area contributed by atoms with E-state index in [1.165, 1.54) is 0 Å². The largest absolute Gasteiger partial charge is 0.394 e. The minimum absolute atomic E-state index is 0.0424. The van der Waals surface area contributed by atoms with Crippen molar-refractivity contribution in [3.8, 4) is 0 Å². The van der Waals surface area contributed by atoms with Gasteiger partial charge in [-0.2, -0.15) is 0 Å². The third-order valence-electron chi connectivity index (χ3n) is 4.75. The number of aliphatic hydroxyl groups is 1. The lowest BCUT2D eigenvalue weighted by molar-refractivity contribution is -0.125. The summed E-state index contributed by atoms with van der Waals surface area (Å²) < 4.78 is 46.2.